The highest BCUT2D eigenvalue weighted by molar-refractivity contribution is 14.1. The van der Waals surface area contributed by atoms with Crippen LogP contribution in [-0.2, 0) is 16.1 Å². The summed E-state index contributed by atoms with van der Waals surface area (Å²) < 4.78 is 11.1. The normalized spacial score (nSPS) is 10.7. The summed E-state index contributed by atoms with van der Waals surface area (Å²) in [6, 6.07) is 14.5. The fraction of sp³-hybridized carbons (Fsp3) is 0.150. The molecule has 0 fully saturated rings. The molecule has 0 saturated heterocycles. The number of carbonyl (C=O) groups is 2. The van der Waals surface area contributed by atoms with E-state index < -0.39 is 18.5 Å². The number of carbonyl (C=O) groups excluding carboxylic acids is 1. The van der Waals surface area contributed by atoms with Gasteiger partial charge in [-0.25, -0.2) is 4.79 Å². The van der Waals surface area contributed by atoms with Crippen molar-refractivity contribution in [3.63, 3.8) is 0 Å². The lowest BCUT2D eigenvalue weighted by Crippen LogP contribution is -2.23. The minimum Gasteiger partial charge on any atom is -0.493 e. The number of aliphatic carboxylic acids is 1. The van der Waals surface area contributed by atoms with Crippen LogP contribution in [-0.4, -0.2) is 30.7 Å². The molecule has 0 aliphatic heterocycles. The van der Waals surface area contributed by atoms with Crippen molar-refractivity contribution in [2.75, 3.05) is 13.7 Å². The molecule has 144 valence electrons. The van der Waals surface area contributed by atoms with Crippen LogP contribution in [0.15, 0.2) is 48.0 Å². The first-order valence-electron chi connectivity index (χ1n) is 8.10. The van der Waals surface area contributed by atoms with Crippen LogP contribution in [0.4, 0.5) is 0 Å². The molecule has 2 aromatic rings. The van der Waals surface area contributed by atoms with Crippen molar-refractivity contribution < 1.29 is 24.2 Å². The number of nitrogens with one attached hydrogen (secondary N) is 1. The third-order valence-corrected chi connectivity index (χ3v) is 4.37. The number of halogens is 1. The zero-order valence-electron chi connectivity index (χ0n) is 14.9. The lowest BCUT2D eigenvalue weighted by atomic mass is 10.1. The van der Waals surface area contributed by atoms with Gasteiger partial charge < -0.3 is 19.9 Å². The van der Waals surface area contributed by atoms with Crippen LogP contribution >= 0.6 is 22.6 Å². The topological polar surface area (TPSA) is 109 Å². The summed E-state index contributed by atoms with van der Waals surface area (Å²) in [5, 5.41) is 20.8. The summed E-state index contributed by atoms with van der Waals surface area (Å²) >= 11 is 1.97. The fourth-order valence-corrected chi connectivity index (χ4v) is 3.07. The van der Waals surface area contributed by atoms with Crippen molar-refractivity contribution in [2.24, 2.45) is 0 Å². The summed E-state index contributed by atoms with van der Waals surface area (Å²) in [4.78, 5) is 23.0. The van der Waals surface area contributed by atoms with E-state index in [4.69, 9.17) is 14.6 Å². The highest BCUT2D eigenvalue weighted by Crippen LogP contribution is 2.34. The number of hydrogen-bond acceptors (Lipinski definition) is 5. The molecule has 0 bridgehead atoms. The molecule has 0 unspecified atom stereocenters. The van der Waals surface area contributed by atoms with Crippen LogP contribution in [0.5, 0.6) is 11.5 Å². The van der Waals surface area contributed by atoms with Crippen molar-refractivity contribution in [3.05, 3.63) is 62.7 Å². The first kappa shape index (κ1) is 21.2. The number of carboxylic acid groups (broad SMARTS) is 1. The SMILES string of the molecule is COc1cc(/C=C(/C#N)C(=O)NCc2ccccc2)cc(I)c1OCC(=O)O. The van der Waals surface area contributed by atoms with Crippen LogP contribution in [0.25, 0.3) is 6.08 Å². The Kier molecular flexibility index (Phi) is 7.83. The minimum absolute atomic E-state index is 0.0620. The van der Waals surface area contributed by atoms with Gasteiger partial charge in [0.15, 0.2) is 18.1 Å². The predicted molar refractivity (Wildman–Crippen MR) is 111 cm³/mol. The third-order valence-electron chi connectivity index (χ3n) is 3.56. The molecule has 2 aromatic carbocycles. The van der Waals surface area contributed by atoms with Crippen molar-refractivity contribution in [1.29, 1.82) is 5.26 Å². The summed E-state index contributed by atoms with van der Waals surface area (Å²) in [6.45, 7) is -0.200. The molecule has 0 spiro atoms. The lowest BCUT2D eigenvalue weighted by Gasteiger charge is -2.12. The smallest absolute Gasteiger partial charge is 0.341 e. The summed E-state index contributed by atoms with van der Waals surface area (Å²) in [6.07, 6.45) is 1.44. The van der Waals surface area contributed by atoms with Crippen molar-refractivity contribution in [1.82, 2.24) is 5.32 Å². The second-order valence-electron chi connectivity index (χ2n) is 5.55. The maximum absolute atomic E-state index is 12.3. The highest BCUT2D eigenvalue weighted by Gasteiger charge is 2.14. The minimum atomic E-state index is -1.11. The molecule has 0 aromatic heterocycles. The van der Waals surface area contributed by atoms with E-state index in [1.807, 2.05) is 59.0 Å². The number of methoxy groups -OCH3 is 1. The molecule has 7 nitrogen and oxygen atoms in total. The van der Waals surface area contributed by atoms with Gasteiger partial charge in [-0.3, -0.25) is 4.79 Å². The number of carboxylic acids is 1. The summed E-state index contributed by atoms with van der Waals surface area (Å²) in [5.74, 6) is -1.01. The molecule has 0 atom stereocenters. The number of nitriles is 1. The van der Waals surface area contributed by atoms with E-state index in [-0.39, 0.29) is 11.3 Å². The average molecular weight is 492 g/mol. The van der Waals surface area contributed by atoms with Crippen LogP contribution in [0.3, 0.4) is 0 Å². The Bertz CT molecular complexity index is 936. The Balaban J connectivity index is 2.20. The Labute approximate surface area is 175 Å². The monoisotopic (exact) mass is 492 g/mol. The van der Waals surface area contributed by atoms with Gasteiger partial charge in [-0.2, -0.15) is 5.26 Å². The average Bonchev–Trinajstić information content (AvgIpc) is 2.69. The Hall–Kier alpha value is -3.06. The van der Waals surface area contributed by atoms with Crippen LogP contribution in [0.1, 0.15) is 11.1 Å². The summed E-state index contributed by atoms with van der Waals surface area (Å²) in [7, 11) is 1.42. The van der Waals surface area contributed by atoms with Gasteiger partial charge in [0.2, 0.25) is 0 Å². The van der Waals surface area contributed by atoms with Crippen molar-refractivity contribution in [3.8, 4) is 17.6 Å². The van der Waals surface area contributed by atoms with Crippen molar-refractivity contribution >= 4 is 40.5 Å². The maximum atomic E-state index is 12.3. The molecule has 1 amide bonds. The predicted octanol–water partition coefficient (Wildman–Crippen LogP) is 2.99. The lowest BCUT2D eigenvalue weighted by molar-refractivity contribution is -0.139. The largest absolute Gasteiger partial charge is 0.493 e. The third kappa shape index (κ3) is 5.99. The van der Waals surface area contributed by atoms with Crippen LogP contribution in [0, 0.1) is 14.9 Å². The molecule has 0 radical (unpaired) electrons. The first-order chi connectivity index (χ1) is 13.4. The van der Waals surface area contributed by atoms with Crippen LogP contribution in [0.2, 0.25) is 0 Å². The van der Waals surface area contributed by atoms with Gasteiger partial charge in [-0.05, 0) is 51.9 Å². The quantitative estimate of drug-likeness (QED) is 0.333. The standard InChI is InChI=1S/C20H17IN2O5/c1-27-17-9-14(8-16(21)19(17)28-12-18(24)25)7-15(10-22)20(26)23-11-13-5-3-2-4-6-13/h2-9H,11-12H2,1H3,(H,23,26)(H,24,25)/b15-7-. The zero-order chi connectivity index (χ0) is 20.5. The van der Waals surface area contributed by atoms with Gasteiger partial charge in [0.1, 0.15) is 11.6 Å². The molecule has 0 aliphatic carbocycles. The number of hydrogen-bond donors (Lipinski definition) is 2. The van der Waals surface area contributed by atoms with Gasteiger partial charge >= 0.3 is 5.97 Å². The van der Waals surface area contributed by atoms with Crippen LogP contribution < -0.4 is 14.8 Å². The Morgan fingerprint density at radius 2 is 2.00 bits per heavy atom. The molecule has 8 heteroatoms. The second-order valence-corrected chi connectivity index (χ2v) is 6.72. The van der Waals surface area contributed by atoms with E-state index >= 15 is 0 Å². The number of rotatable bonds is 8. The van der Waals surface area contributed by atoms with Gasteiger partial charge in [0.25, 0.3) is 5.91 Å². The molecular weight excluding hydrogens is 475 g/mol. The molecule has 0 heterocycles. The Morgan fingerprint density at radius 1 is 1.29 bits per heavy atom. The van der Waals surface area contributed by atoms with Crippen molar-refractivity contribution in [2.45, 2.75) is 6.54 Å². The number of ether oxygens (including phenoxy) is 2. The van der Waals surface area contributed by atoms with E-state index in [9.17, 15) is 14.9 Å². The van der Waals surface area contributed by atoms with Gasteiger partial charge in [-0.1, -0.05) is 30.3 Å². The van der Waals surface area contributed by atoms with E-state index in [1.54, 1.807) is 12.1 Å². The summed E-state index contributed by atoms with van der Waals surface area (Å²) in [5.41, 5.74) is 1.41. The fourth-order valence-electron chi connectivity index (χ4n) is 2.29. The van der Waals surface area contributed by atoms with Gasteiger partial charge in [0, 0.05) is 6.54 Å². The molecule has 0 aliphatic rings. The van der Waals surface area contributed by atoms with E-state index in [0.29, 0.717) is 21.4 Å². The molecule has 2 N–H and O–H groups in total. The molecule has 2 rings (SSSR count). The number of nitrogens with zero attached hydrogens (tertiary/aromatic N) is 1. The van der Waals surface area contributed by atoms with Gasteiger partial charge in [0.05, 0.1) is 10.7 Å². The zero-order valence-corrected chi connectivity index (χ0v) is 17.1. The van der Waals surface area contributed by atoms with Gasteiger partial charge in [-0.15, -0.1) is 0 Å². The first-order valence-corrected chi connectivity index (χ1v) is 9.18. The second kappa shape index (κ2) is 10.3. The molecule has 0 saturated carbocycles. The molecular formula is C20H17IN2O5. The maximum Gasteiger partial charge on any atom is 0.341 e. The number of benzene rings is 2. The van der Waals surface area contributed by atoms with E-state index in [1.165, 1.54) is 13.2 Å². The van der Waals surface area contributed by atoms with E-state index in [0.717, 1.165) is 5.56 Å². The number of amides is 1. The van der Waals surface area contributed by atoms with E-state index in [2.05, 4.69) is 5.32 Å². The Morgan fingerprint density at radius 3 is 2.61 bits per heavy atom. The molecule has 28 heavy (non-hydrogen) atoms. The highest BCUT2D eigenvalue weighted by atomic mass is 127.